The molecule has 0 aromatic heterocycles. The highest BCUT2D eigenvalue weighted by Crippen LogP contribution is 2.27. The van der Waals surface area contributed by atoms with E-state index in [1.54, 1.807) is 14.2 Å². The zero-order valence-electron chi connectivity index (χ0n) is 14.6. The molecular formula is C20H25NO3. The van der Waals surface area contributed by atoms with Crippen LogP contribution in [-0.2, 0) is 17.6 Å². The lowest BCUT2D eigenvalue weighted by molar-refractivity contribution is -0.130. The van der Waals surface area contributed by atoms with Gasteiger partial charge in [-0.25, -0.2) is 0 Å². The van der Waals surface area contributed by atoms with Crippen LogP contribution < -0.4 is 9.47 Å². The smallest absolute Gasteiger partial charge is 0.226 e. The Hall–Kier alpha value is -2.49. The first-order chi connectivity index (χ1) is 11.7. The number of hydrogen-bond acceptors (Lipinski definition) is 3. The summed E-state index contributed by atoms with van der Waals surface area (Å²) in [5.74, 6) is 1.45. The van der Waals surface area contributed by atoms with Crippen LogP contribution in [-0.4, -0.2) is 38.1 Å². The van der Waals surface area contributed by atoms with Gasteiger partial charge in [0.25, 0.3) is 0 Å². The maximum atomic E-state index is 12.6. The highest BCUT2D eigenvalue weighted by molar-refractivity contribution is 5.79. The molecule has 2 aromatic rings. The maximum absolute atomic E-state index is 12.6. The topological polar surface area (TPSA) is 38.8 Å². The third kappa shape index (κ3) is 4.75. The van der Waals surface area contributed by atoms with E-state index in [0.717, 1.165) is 18.5 Å². The molecule has 4 heteroatoms. The zero-order valence-corrected chi connectivity index (χ0v) is 14.6. The van der Waals surface area contributed by atoms with Crippen LogP contribution in [0.1, 0.15) is 18.1 Å². The molecule has 0 aliphatic carbocycles. The third-order valence-corrected chi connectivity index (χ3v) is 4.05. The van der Waals surface area contributed by atoms with Gasteiger partial charge in [0, 0.05) is 13.1 Å². The lowest BCUT2D eigenvalue weighted by Crippen LogP contribution is -2.33. The molecule has 0 radical (unpaired) electrons. The van der Waals surface area contributed by atoms with Crippen LogP contribution in [0.25, 0.3) is 0 Å². The molecule has 2 aromatic carbocycles. The Kier molecular flexibility index (Phi) is 6.67. The first-order valence-electron chi connectivity index (χ1n) is 8.20. The largest absolute Gasteiger partial charge is 0.493 e. The molecule has 0 aliphatic heterocycles. The van der Waals surface area contributed by atoms with Crippen LogP contribution in [0.4, 0.5) is 0 Å². The van der Waals surface area contributed by atoms with Gasteiger partial charge in [0.1, 0.15) is 0 Å². The van der Waals surface area contributed by atoms with Gasteiger partial charge in [0.15, 0.2) is 11.5 Å². The molecule has 2 rings (SSSR count). The number of benzene rings is 2. The van der Waals surface area contributed by atoms with Gasteiger partial charge in [-0.2, -0.15) is 0 Å². The molecule has 0 aliphatic rings. The summed E-state index contributed by atoms with van der Waals surface area (Å²) in [5, 5.41) is 0. The van der Waals surface area contributed by atoms with Crippen LogP contribution in [0, 0.1) is 0 Å². The normalized spacial score (nSPS) is 10.3. The summed E-state index contributed by atoms with van der Waals surface area (Å²) >= 11 is 0. The number of methoxy groups -OCH3 is 2. The summed E-state index contributed by atoms with van der Waals surface area (Å²) in [7, 11) is 3.20. The SMILES string of the molecule is CCN(CCc1ccccc1)C(=O)Cc1ccc(OC)c(OC)c1. The van der Waals surface area contributed by atoms with Gasteiger partial charge in [-0.3, -0.25) is 4.79 Å². The highest BCUT2D eigenvalue weighted by Gasteiger charge is 2.14. The van der Waals surface area contributed by atoms with Crippen molar-refractivity contribution < 1.29 is 14.3 Å². The molecule has 0 atom stereocenters. The van der Waals surface area contributed by atoms with E-state index >= 15 is 0 Å². The summed E-state index contributed by atoms with van der Waals surface area (Å²) in [6.07, 6.45) is 1.23. The van der Waals surface area contributed by atoms with Crippen LogP contribution in [0.3, 0.4) is 0 Å². The molecule has 0 fully saturated rings. The van der Waals surface area contributed by atoms with Crippen molar-refractivity contribution in [3.05, 3.63) is 59.7 Å². The molecule has 0 heterocycles. The van der Waals surface area contributed by atoms with E-state index in [1.807, 2.05) is 48.2 Å². The predicted octanol–water partition coefficient (Wildman–Crippen LogP) is 3.34. The Bertz CT molecular complexity index is 655. The molecule has 0 bridgehead atoms. The molecule has 0 unspecified atom stereocenters. The van der Waals surface area contributed by atoms with Gasteiger partial charge in [-0.1, -0.05) is 36.4 Å². The van der Waals surface area contributed by atoms with Gasteiger partial charge in [0.05, 0.1) is 20.6 Å². The minimum Gasteiger partial charge on any atom is -0.493 e. The van der Waals surface area contributed by atoms with Crippen LogP contribution in [0.2, 0.25) is 0 Å². The van der Waals surface area contributed by atoms with Crippen molar-refractivity contribution in [3.8, 4) is 11.5 Å². The van der Waals surface area contributed by atoms with E-state index in [4.69, 9.17) is 9.47 Å². The first kappa shape index (κ1) is 17.9. The van der Waals surface area contributed by atoms with Crippen molar-refractivity contribution >= 4 is 5.91 Å². The lowest BCUT2D eigenvalue weighted by Gasteiger charge is -2.21. The number of carbonyl (C=O) groups is 1. The fourth-order valence-corrected chi connectivity index (χ4v) is 2.64. The second-order valence-corrected chi connectivity index (χ2v) is 5.58. The number of nitrogens with zero attached hydrogens (tertiary/aromatic N) is 1. The van der Waals surface area contributed by atoms with E-state index in [0.29, 0.717) is 24.5 Å². The van der Waals surface area contributed by atoms with E-state index in [-0.39, 0.29) is 5.91 Å². The molecule has 4 nitrogen and oxygen atoms in total. The molecule has 128 valence electrons. The zero-order chi connectivity index (χ0) is 17.4. The minimum atomic E-state index is 0.126. The van der Waals surface area contributed by atoms with Crippen molar-refractivity contribution in [2.75, 3.05) is 27.3 Å². The van der Waals surface area contributed by atoms with Gasteiger partial charge in [0.2, 0.25) is 5.91 Å². The maximum Gasteiger partial charge on any atom is 0.226 e. The first-order valence-corrected chi connectivity index (χ1v) is 8.20. The van der Waals surface area contributed by atoms with E-state index in [9.17, 15) is 4.79 Å². The molecule has 0 saturated heterocycles. The summed E-state index contributed by atoms with van der Waals surface area (Å²) in [6.45, 7) is 3.45. The molecular weight excluding hydrogens is 302 g/mol. The molecule has 0 saturated carbocycles. The van der Waals surface area contributed by atoms with Gasteiger partial charge < -0.3 is 14.4 Å². The standard InChI is InChI=1S/C20H25NO3/c1-4-21(13-12-16-8-6-5-7-9-16)20(22)15-17-10-11-18(23-2)19(14-17)24-3/h5-11,14H,4,12-13,15H2,1-3H3. The number of likely N-dealkylation sites (N-methyl/N-ethyl adjacent to an activating group) is 1. The fourth-order valence-electron chi connectivity index (χ4n) is 2.64. The average Bonchev–Trinajstić information content (AvgIpc) is 2.63. The number of carbonyl (C=O) groups excluding carboxylic acids is 1. The van der Waals surface area contributed by atoms with Gasteiger partial charge >= 0.3 is 0 Å². The number of rotatable bonds is 8. The number of ether oxygens (including phenoxy) is 2. The van der Waals surface area contributed by atoms with Crippen molar-refractivity contribution in [1.82, 2.24) is 4.90 Å². The summed E-state index contributed by atoms with van der Waals surface area (Å²) in [4.78, 5) is 14.5. The molecule has 24 heavy (non-hydrogen) atoms. The molecule has 1 amide bonds. The van der Waals surface area contributed by atoms with Crippen LogP contribution in [0.15, 0.2) is 48.5 Å². The fraction of sp³-hybridized carbons (Fsp3) is 0.350. The highest BCUT2D eigenvalue weighted by atomic mass is 16.5. The Balaban J connectivity index is 1.98. The average molecular weight is 327 g/mol. The van der Waals surface area contributed by atoms with Crippen molar-refractivity contribution in [2.24, 2.45) is 0 Å². The summed E-state index contributed by atoms with van der Waals surface area (Å²) in [5.41, 5.74) is 2.17. The number of amides is 1. The quantitative estimate of drug-likeness (QED) is 0.746. The van der Waals surface area contributed by atoms with Crippen LogP contribution >= 0.6 is 0 Å². The Labute approximate surface area is 144 Å². The Morgan fingerprint density at radius 2 is 1.67 bits per heavy atom. The third-order valence-electron chi connectivity index (χ3n) is 4.05. The number of hydrogen-bond donors (Lipinski definition) is 0. The minimum absolute atomic E-state index is 0.126. The van der Waals surface area contributed by atoms with E-state index < -0.39 is 0 Å². The Morgan fingerprint density at radius 1 is 0.958 bits per heavy atom. The van der Waals surface area contributed by atoms with E-state index in [2.05, 4.69) is 12.1 Å². The monoisotopic (exact) mass is 327 g/mol. The van der Waals surface area contributed by atoms with Crippen molar-refractivity contribution in [3.63, 3.8) is 0 Å². The lowest BCUT2D eigenvalue weighted by atomic mass is 10.1. The van der Waals surface area contributed by atoms with Crippen LogP contribution in [0.5, 0.6) is 11.5 Å². The van der Waals surface area contributed by atoms with Crippen molar-refractivity contribution in [2.45, 2.75) is 19.8 Å². The molecule has 0 spiro atoms. The van der Waals surface area contributed by atoms with Gasteiger partial charge in [-0.15, -0.1) is 0 Å². The second-order valence-electron chi connectivity index (χ2n) is 5.58. The summed E-state index contributed by atoms with van der Waals surface area (Å²) in [6, 6.07) is 15.8. The Morgan fingerprint density at radius 3 is 2.29 bits per heavy atom. The van der Waals surface area contributed by atoms with Crippen molar-refractivity contribution in [1.29, 1.82) is 0 Å². The summed E-state index contributed by atoms with van der Waals surface area (Å²) < 4.78 is 10.5. The predicted molar refractivity (Wildman–Crippen MR) is 95.7 cm³/mol. The second kappa shape index (κ2) is 8.96. The molecule has 0 N–H and O–H groups in total. The van der Waals surface area contributed by atoms with Gasteiger partial charge in [-0.05, 0) is 36.6 Å². The van der Waals surface area contributed by atoms with E-state index in [1.165, 1.54) is 5.56 Å².